The summed E-state index contributed by atoms with van der Waals surface area (Å²) >= 11 is 0. The van der Waals surface area contributed by atoms with Crippen molar-refractivity contribution in [3.05, 3.63) is 53.3 Å². The van der Waals surface area contributed by atoms with Gasteiger partial charge in [0.25, 0.3) is 11.8 Å². The van der Waals surface area contributed by atoms with Gasteiger partial charge in [0, 0.05) is 12.1 Å². The molecule has 0 spiro atoms. The number of nitrogens with one attached hydrogen (secondary N) is 2. The van der Waals surface area contributed by atoms with E-state index in [1.54, 1.807) is 0 Å². The van der Waals surface area contributed by atoms with Gasteiger partial charge in [-0.3, -0.25) is 14.4 Å². The van der Waals surface area contributed by atoms with E-state index in [-0.39, 0.29) is 48.8 Å². The van der Waals surface area contributed by atoms with Gasteiger partial charge in [-0.25, -0.2) is 4.39 Å². The van der Waals surface area contributed by atoms with Crippen LogP contribution in [0.3, 0.4) is 0 Å². The van der Waals surface area contributed by atoms with E-state index in [4.69, 9.17) is 14.2 Å². The first-order valence-corrected chi connectivity index (χ1v) is 13.0. The fourth-order valence-electron chi connectivity index (χ4n) is 5.09. The van der Waals surface area contributed by atoms with Gasteiger partial charge in [0.15, 0.2) is 0 Å². The molecule has 2 aromatic rings. The highest BCUT2D eigenvalue weighted by Crippen LogP contribution is 2.48. The lowest BCUT2D eigenvalue weighted by molar-refractivity contribution is -0.203. The van der Waals surface area contributed by atoms with Crippen LogP contribution in [0, 0.1) is 17.2 Å². The van der Waals surface area contributed by atoms with Crippen LogP contribution in [0.4, 0.5) is 27.6 Å². The van der Waals surface area contributed by atoms with Gasteiger partial charge in [0.2, 0.25) is 5.91 Å². The Labute approximate surface area is 237 Å². The second-order valence-electron chi connectivity index (χ2n) is 10.4. The molecule has 2 fully saturated rings. The quantitative estimate of drug-likeness (QED) is 0.367. The Balaban J connectivity index is 1.51. The number of rotatable bonds is 8. The van der Waals surface area contributed by atoms with E-state index in [1.807, 2.05) is 0 Å². The van der Waals surface area contributed by atoms with Crippen molar-refractivity contribution < 1.29 is 55.7 Å². The molecular weight excluding hydrogens is 571 g/mol. The Hall–Kier alpha value is -3.94. The molecule has 1 heterocycles. The summed E-state index contributed by atoms with van der Waals surface area (Å²) in [7, 11) is 1.29. The highest BCUT2D eigenvalue weighted by Gasteiger charge is 2.58. The summed E-state index contributed by atoms with van der Waals surface area (Å²) in [5, 5.41) is 14.6. The third kappa shape index (κ3) is 6.13. The Bertz CT molecular complexity index is 1370. The minimum Gasteiger partial charge on any atom is -0.496 e. The summed E-state index contributed by atoms with van der Waals surface area (Å²) in [6, 6.07) is 4.97. The number of ether oxygens (including phenoxy) is 3. The van der Waals surface area contributed by atoms with Gasteiger partial charge in [-0.15, -0.1) is 0 Å². The molecule has 2 aliphatic rings. The zero-order valence-electron chi connectivity index (χ0n) is 22.6. The monoisotopic (exact) mass is 600 g/mol. The molecule has 3 N–H and O–H groups in total. The van der Waals surface area contributed by atoms with E-state index in [9.17, 15) is 37.1 Å². The summed E-state index contributed by atoms with van der Waals surface area (Å²) < 4.78 is 84.9. The molecule has 0 bridgehead atoms. The molecule has 0 aromatic heterocycles. The zero-order valence-corrected chi connectivity index (χ0v) is 22.6. The molecule has 0 radical (unpaired) electrons. The van der Waals surface area contributed by atoms with Crippen LogP contribution in [-0.4, -0.2) is 55.1 Å². The number of hydrogen-bond acceptors (Lipinski definition) is 6. The van der Waals surface area contributed by atoms with Crippen molar-refractivity contribution in [1.82, 2.24) is 5.32 Å². The van der Waals surface area contributed by atoms with Crippen molar-refractivity contribution in [3.63, 3.8) is 0 Å². The first kappa shape index (κ1) is 31.0. The van der Waals surface area contributed by atoms with E-state index in [0.29, 0.717) is 25.0 Å². The van der Waals surface area contributed by atoms with E-state index < -0.39 is 58.6 Å². The molecule has 1 saturated carbocycles. The third-order valence-corrected chi connectivity index (χ3v) is 7.69. The van der Waals surface area contributed by atoms with E-state index >= 15 is 4.39 Å². The Morgan fingerprint density at radius 2 is 1.79 bits per heavy atom. The molecule has 42 heavy (non-hydrogen) atoms. The second kappa shape index (κ2) is 11.7. The summed E-state index contributed by atoms with van der Waals surface area (Å²) in [6.07, 6.45) is -4.17. The molecule has 228 valence electrons. The number of carbonyl (C=O) groups is 3. The number of halogens is 5. The number of carboxylic acid groups (broad SMARTS) is 1. The van der Waals surface area contributed by atoms with Crippen molar-refractivity contribution in [2.45, 2.75) is 50.7 Å². The van der Waals surface area contributed by atoms with Gasteiger partial charge in [-0.2, -0.15) is 17.6 Å². The fraction of sp³-hybridized carbons (Fsp3) is 0.464. The molecular formula is C28H29F5N2O7. The summed E-state index contributed by atoms with van der Waals surface area (Å²) in [6.45, 7) is 0.999. The number of amides is 2. The molecule has 2 amide bonds. The maximum Gasteiger partial charge on any atom is 0.419 e. The van der Waals surface area contributed by atoms with Crippen LogP contribution in [0.15, 0.2) is 36.4 Å². The lowest BCUT2D eigenvalue weighted by Gasteiger charge is -2.42. The van der Waals surface area contributed by atoms with Crippen LogP contribution < -0.4 is 20.1 Å². The molecule has 14 heteroatoms. The van der Waals surface area contributed by atoms with Crippen LogP contribution in [-0.2, 0) is 20.5 Å². The van der Waals surface area contributed by atoms with Crippen LogP contribution in [0.5, 0.6) is 11.5 Å². The normalized spacial score (nSPS) is 25.9. The third-order valence-electron chi connectivity index (χ3n) is 7.69. The Morgan fingerprint density at radius 3 is 2.45 bits per heavy atom. The van der Waals surface area contributed by atoms with Gasteiger partial charge >= 0.3 is 12.1 Å². The number of methoxy groups -OCH3 is 1. The fourth-order valence-corrected chi connectivity index (χ4v) is 5.09. The molecule has 9 nitrogen and oxygen atoms in total. The van der Waals surface area contributed by atoms with Crippen molar-refractivity contribution in [2.24, 2.45) is 11.3 Å². The lowest BCUT2D eigenvalue weighted by Crippen LogP contribution is -2.54. The predicted molar refractivity (Wildman–Crippen MR) is 137 cm³/mol. The Kier molecular flexibility index (Phi) is 8.67. The highest BCUT2D eigenvalue weighted by atomic mass is 19.4. The SMILES string of the molecule is COc1ccc(OC2(F)CCCCC2(C)C(=O)O)cc1C(=O)N[C@H]1COC[C@@H]1C(=O)Nc1ccc(F)c(C(F)(F)F)c1. The van der Waals surface area contributed by atoms with Crippen LogP contribution in [0.25, 0.3) is 0 Å². The first-order chi connectivity index (χ1) is 19.7. The smallest absolute Gasteiger partial charge is 0.419 e. The number of benzene rings is 2. The molecule has 2 unspecified atom stereocenters. The van der Waals surface area contributed by atoms with Gasteiger partial charge in [-0.05, 0) is 56.2 Å². The summed E-state index contributed by atoms with van der Waals surface area (Å²) in [5.41, 5.74) is -3.77. The molecule has 1 saturated heterocycles. The van der Waals surface area contributed by atoms with Crippen LogP contribution in [0.2, 0.25) is 0 Å². The van der Waals surface area contributed by atoms with Crippen molar-refractivity contribution in [1.29, 1.82) is 0 Å². The highest BCUT2D eigenvalue weighted by molar-refractivity contribution is 5.99. The van der Waals surface area contributed by atoms with Crippen LogP contribution >= 0.6 is 0 Å². The number of anilines is 1. The zero-order chi connectivity index (χ0) is 30.9. The molecule has 1 aliphatic heterocycles. The maximum atomic E-state index is 16.0. The van der Waals surface area contributed by atoms with Crippen LogP contribution in [0.1, 0.15) is 48.5 Å². The number of hydrogen-bond donors (Lipinski definition) is 3. The van der Waals surface area contributed by atoms with Crippen molar-refractivity contribution in [3.8, 4) is 11.5 Å². The molecule has 4 rings (SSSR count). The van der Waals surface area contributed by atoms with Gasteiger partial charge in [0.05, 0.1) is 43.4 Å². The maximum absolute atomic E-state index is 16.0. The van der Waals surface area contributed by atoms with E-state index in [0.717, 1.165) is 6.07 Å². The molecule has 4 atom stereocenters. The number of aliphatic carboxylic acids is 1. The standard InChI is InChI=1S/C28H29F5N2O7/c1-26(25(38)39)9-3-4-10-27(26,30)42-16-6-8-22(40-2)17(12-16)23(36)35-21-14-41-13-18(21)24(37)34-15-5-7-20(29)19(11-15)28(31,32)33/h5-8,11-12,18,21H,3-4,9-10,13-14H2,1-2H3,(H,34,37)(H,35,36)(H,38,39)/t18-,21-,26?,27?/m0/s1. The van der Waals surface area contributed by atoms with Gasteiger partial charge in [0.1, 0.15) is 22.7 Å². The van der Waals surface area contributed by atoms with Crippen molar-refractivity contribution in [2.75, 3.05) is 25.6 Å². The number of alkyl halides is 4. The molecule has 2 aromatic carbocycles. The minimum atomic E-state index is -4.97. The topological polar surface area (TPSA) is 123 Å². The largest absolute Gasteiger partial charge is 0.496 e. The van der Waals surface area contributed by atoms with E-state index in [2.05, 4.69) is 10.6 Å². The number of carboxylic acids is 1. The predicted octanol–water partition coefficient (Wildman–Crippen LogP) is 4.95. The Morgan fingerprint density at radius 1 is 1.07 bits per heavy atom. The van der Waals surface area contributed by atoms with Gasteiger partial charge < -0.3 is 30.0 Å². The lowest BCUT2D eigenvalue weighted by atomic mass is 9.71. The summed E-state index contributed by atoms with van der Waals surface area (Å²) in [5.74, 6) is -7.99. The first-order valence-electron chi connectivity index (χ1n) is 13.0. The average molecular weight is 601 g/mol. The second-order valence-corrected chi connectivity index (χ2v) is 10.4. The minimum absolute atomic E-state index is 0.0584. The number of carbonyl (C=O) groups excluding carboxylic acids is 2. The van der Waals surface area contributed by atoms with Gasteiger partial charge in [-0.1, -0.05) is 6.42 Å². The van der Waals surface area contributed by atoms with Crippen molar-refractivity contribution >= 4 is 23.5 Å². The summed E-state index contributed by atoms with van der Waals surface area (Å²) in [4.78, 5) is 38.1. The van der Waals surface area contributed by atoms with E-state index in [1.165, 1.54) is 32.2 Å². The molecule has 1 aliphatic carbocycles. The average Bonchev–Trinajstić information content (AvgIpc) is 3.39.